The summed E-state index contributed by atoms with van der Waals surface area (Å²) < 4.78 is 1.36. The Kier molecular flexibility index (Phi) is 3.61. The number of nitrogens with one attached hydrogen (secondary N) is 1. The summed E-state index contributed by atoms with van der Waals surface area (Å²) in [5, 5.41) is 7.09. The van der Waals surface area contributed by atoms with Gasteiger partial charge in [-0.15, -0.1) is 11.3 Å². The maximum absolute atomic E-state index is 5.69. The van der Waals surface area contributed by atoms with E-state index in [1.807, 2.05) is 11.3 Å². The molecule has 0 amide bonds. The molecule has 1 fully saturated rings. The average molecular weight is 261 g/mol. The summed E-state index contributed by atoms with van der Waals surface area (Å²) in [7, 11) is 0. The van der Waals surface area contributed by atoms with Gasteiger partial charge in [-0.2, -0.15) is 0 Å². The highest BCUT2D eigenvalue weighted by molar-refractivity contribution is 7.17. The second kappa shape index (κ2) is 5.36. The van der Waals surface area contributed by atoms with Crippen LogP contribution in [0.2, 0.25) is 0 Å². The van der Waals surface area contributed by atoms with Crippen LogP contribution >= 0.6 is 11.3 Å². The Morgan fingerprint density at radius 1 is 1.28 bits per heavy atom. The van der Waals surface area contributed by atoms with E-state index in [-0.39, 0.29) is 0 Å². The summed E-state index contributed by atoms with van der Waals surface area (Å²) in [6, 6.07) is 6.60. The molecule has 1 aliphatic rings. The Morgan fingerprint density at radius 2 is 2.11 bits per heavy atom. The third-order valence-corrected chi connectivity index (χ3v) is 4.55. The predicted molar refractivity (Wildman–Crippen MR) is 77.9 cm³/mol. The summed E-state index contributed by atoms with van der Waals surface area (Å²) in [6.45, 7) is 6.22. The van der Waals surface area contributed by atoms with Crippen LogP contribution in [-0.2, 0) is 13.1 Å². The van der Waals surface area contributed by atoms with Gasteiger partial charge in [-0.3, -0.25) is 4.90 Å². The molecule has 0 spiro atoms. The van der Waals surface area contributed by atoms with Gasteiger partial charge in [-0.1, -0.05) is 12.1 Å². The van der Waals surface area contributed by atoms with E-state index in [1.54, 1.807) is 0 Å². The van der Waals surface area contributed by atoms with Crippen molar-refractivity contribution in [2.24, 2.45) is 5.73 Å². The minimum atomic E-state index is 0.626. The van der Waals surface area contributed by atoms with Gasteiger partial charge in [-0.05, 0) is 28.0 Å². The van der Waals surface area contributed by atoms with Gasteiger partial charge in [0.15, 0.2) is 0 Å². The van der Waals surface area contributed by atoms with Crippen LogP contribution in [0, 0.1) is 0 Å². The second-order valence-corrected chi connectivity index (χ2v) is 5.73. The largest absolute Gasteiger partial charge is 0.326 e. The van der Waals surface area contributed by atoms with Crippen molar-refractivity contribution in [3.05, 3.63) is 34.7 Å². The van der Waals surface area contributed by atoms with Gasteiger partial charge in [-0.25, -0.2) is 0 Å². The molecule has 1 aromatic heterocycles. The monoisotopic (exact) mass is 261 g/mol. The van der Waals surface area contributed by atoms with Crippen molar-refractivity contribution >= 4 is 21.4 Å². The van der Waals surface area contributed by atoms with E-state index in [1.165, 1.54) is 21.2 Å². The van der Waals surface area contributed by atoms with Crippen molar-refractivity contribution < 1.29 is 0 Å². The first-order valence-electron chi connectivity index (χ1n) is 6.49. The second-order valence-electron chi connectivity index (χ2n) is 4.82. The molecule has 2 heterocycles. The Labute approximate surface area is 112 Å². The third-order valence-electron chi connectivity index (χ3n) is 3.56. The van der Waals surface area contributed by atoms with Crippen LogP contribution < -0.4 is 11.1 Å². The fraction of sp³-hybridized carbons (Fsp3) is 0.429. The maximum Gasteiger partial charge on any atom is 0.0349 e. The molecule has 0 bridgehead atoms. The molecular weight excluding hydrogens is 242 g/mol. The van der Waals surface area contributed by atoms with E-state index in [0.717, 1.165) is 32.7 Å². The van der Waals surface area contributed by atoms with Crippen LogP contribution in [0.4, 0.5) is 0 Å². The standard InChI is InChI=1S/C14H19N3S/c15-8-11-1-2-13-12(10-18-14(13)7-11)9-17-5-3-16-4-6-17/h1-2,7,10,16H,3-6,8-9,15H2. The lowest BCUT2D eigenvalue weighted by atomic mass is 10.1. The van der Waals surface area contributed by atoms with E-state index in [4.69, 9.17) is 5.73 Å². The number of rotatable bonds is 3. The lowest BCUT2D eigenvalue weighted by Crippen LogP contribution is -2.42. The minimum Gasteiger partial charge on any atom is -0.326 e. The Balaban J connectivity index is 1.83. The molecule has 3 rings (SSSR count). The normalized spacial score (nSPS) is 17.4. The number of piperazine rings is 1. The molecule has 1 aliphatic heterocycles. The molecule has 2 aromatic rings. The Bertz CT molecular complexity index is 529. The number of hydrogen-bond donors (Lipinski definition) is 2. The first-order chi connectivity index (χ1) is 8.86. The zero-order valence-electron chi connectivity index (χ0n) is 10.5. The third kappa shape index (κ3) is 2.42. The van der Waals surface area contributed by atoms with E-state index in [9.17, 15) is 0 Å². The van der Waals surface area contributed by atoms with Gasteiger partial charge in [0.1, 0.15) is 0 Å². The lowest BCUT2D eigenvalue weighted by Gasteiger charge is -2.26. The highest BCUT2D eigenvalue weighted by atomic mass is 32.1. The smallest absolute Gasteiger partial charge is 0.0349 e. The number of nitrogens with two attached hydrogens (primary N) is 1. The Morgan fingerprint density at radius 3 is 2.89 bits per heavy atom. The van der Waals surface area contributed by atoms with Crippen molar-refractivity contribution in [2.45, 2.75) is 13.1 Å². The zero-order chi connectivity index (χ0) is 12.4. The lowest BCUT2D eigenvalue weighted by molar-refractivity contribution is 0.234. The predicted octanol–water partition coefficient (Wildman–Crippen LogP) is 1.77. The number of thiophene rings is 1. The van der Waals surface area contributed by atoms with Crippen molar-refractivity contribution in [1.29, 1.82) is 0 Å². The van der Waals surface area contributed by atoms with Gasteiger partial charge >= 0.3 is 0 Å². The molecule has 4 heteroatoms. The van der Waals surface area contributed by atoms with Crippen molar-refractivity contribution in [3.63, 3.8) is 0 Å². The highest BCUT2D eigenvalue weighted by Gasteiger charge is 2.12. The average Bonchev–Trinajstić information content (AvgIpc) is 2.82. The van der Waals surface area contributed by atoms with E-state index in [2.05, 4.69) is 33.8 Å². The summed E-state index contributed by atoms with van der Waals surface area (Å²) in [4.78, 5) is 2.52. The quantitative estimate of drug-likeness (QED) is 0.884. The summed E-state index contributed by atoms with van der Waals surface area (Å²) in [6.07, 6.45) is 0. The zero-order valence-corrected chi connectivity index (χ0v) is 11.3. The van der Waals surface area contributed by atoms with E-state index >= 15 is 0 Å². The molecule has 1 saturated heterocycles. The first kappa shape index (κ1) is 12.1. The molecule has 0 radical (unpaired) electrons. The van der Waals surface area contributed by atoms with Crippen LogP contribution in [-0.4, -0.2) is 31.1 Å². The maximum atomic E-state index is 5.69. The molecule has 0 unspecified atom stereocenters. The molecule has 0 aliphatic carbocycles. The van der Waals surface area contributed by atoms with Gasteiger partial charge < -0.3 is 11.1 Å². The molecule has 0 saturated carbocycles. The van der Waals surface area contributed by atoms with Crippen LogP contribution in [0.25, 0.3) is 10.1 Å². The molecule has 18 heavy (non-hydrogen) atoms. The van der Waals surface area contributed by atoms with Crippen LogP contribution in [0.3, 0.4) is 0 Å². The number of hydrogen-bond acceptors (Lipinski definition) is 4. The SMILES string of the molecule is NCc1ccc2c(CN3CCNCC3)csc2c1. The number of fused-ring (bicyclic) bond motifs is 1. The van der Waals surface area contributed by atoms with Crippen LogP contribution in [0.5, 0.6) is 0 Å². The van der Waals surface area contributed by atoms with Gasteiger partial charge in [0.2, 0.25) is 0 Å². The van der Waals surface area contributed by atoms with Gasteiger partial charge in [0.05, 0.1) is 0 Å². The molecule has 96 valence electrons. The number of benzene rings is 1. The number of nitrogens with zero attached hydrogens (tertiary/aromatic N) is 1. The van der Waals surface area contributed by atoms with Crippen molar-refractivity contribution in [3.8, 4) is 0 Å². The molecule has 1 aromatic carbocycles. The minimum absolute atomic E-state index is 0.626. The van der Waals surface area contributed by atoms with E-state index < -0.39 is 0 Å². The highest BCUT2D eigenvalue weighted by Crippen LogP contribution is 2.28. The topological polar surface area (TPSA) is 41.3 Å². The first-order valence-corrected chi connectivity index (χ1v) is 7.37. The van der Waals surface area contributed by atoms with Crippen LogP contribution in [0.1, 0.15) is 11.1 Å². The van der Waals surface area contributed by atoms with Gasteiger partial charge in [0, 0.05) is 44.0 Å². The Hall–Kier alpha value is -0.940. The fourth-order valence-electron chi connectivity index (χ4n) is 2.49. The summed E-state index contributed by atoms with van der Waals surface area (Å²) >= 11 is 1.83. The summed E-state index contributed by atoms with van der Waals surface area (Å²) in [5.41, 5.74) is 8.37. The molecule has 0 atom stereocenters. The molecule has 3 N–H and O–H groups in total. The van der Waals surface area contributed by atoms with E-state index in [0.29, 0.717) is 6.54 Å². The van der Waals surface area contributed by atoms with Gasteiger partial charge in [0.25, 0.3) is 0 Å². The van der Waals surface area contributed by atoms with Crippen LogP contribution in [0.15, 0.2) is 23.6 Å². The fourth-order valence-corrected chi connectivity index (χ4v) is 3.50. The summed E-state index contributed by atoms with van der Waals surface area (Å²) in [5.74, 6) is 0. The van der Waals surface area contributed by atoms with Crippen molar-refractivity contribution in [2.75, 3.05) is 26.2 Å². The van der Waals surface area contributed by atoms with Crippen molar-refractivity contribution in [1.82, 2.24) is 10.2 Å². The molecule has 3 nitrogen and oxygen atoms in total. The molecular formula is C14H19N3S.